The third-order valence-electron chi connectivity index (χ3n) is 3.08. The molecular formula is C14H26N2O3S2. The summed E-state index contributed by atoms with van der Waals surface area (Å²) in [6, 6.07) is -0.147. The highest BCUT2D eigenvalue weighted by molar-refractivity contribution is 7.89. The molecule has 122 valence electrons. The minimum atomic E-state index is -3.48. The van der Waals surface area contributed by atoms with E-state index in [4.69, 9.17) is 4.74 Å². The van der Waals surface area contributed by atoms with Crippen LogP contribution < -0.4 is 10.0 Å². The van der Waals surface area contributed by atoms with Crippen LogP contribution in [0.4, 0.5) is 0 Å². The van der Waals surface area contributed by atoms with E-state index in [1.807, 2.05) is 19.2 Å². The van der Waals surface area contributed by atoms with Crippen molar-refractivity contribution in [1.82, 2.24) is 10.0 Å². The highest BCUT2D eigenvalue weighted by Gasteiger charge is 2.24. The fourth-order valence-electron chi connectivity index (χ4n) is 2.03. The number of rotatable bonds is 10. The highest BCUT2D eigenvalue weighted by atomic mass is 32.2. The van der Waals surface area contributed by atoms with Gasteiger partial charge in [-0.25, -0.2) is 13.1 Å². The molecular weight excluding hydrogens is 308 g/mol. The van der Waals surface area contributed by atoms with Gasteiger partial charge in [0.25, 0.3) is 0 Å². The second-order valence-electron chi connectivity index (χ2n) is 5.15. The number of thiophene rings is 1. The predicted molar refractivity (Wildman–Crippen MR) is 87.3 cm³/mol. The zero-order chi connectivity index (χ0) is 15.9. The summed E-state index contributed by atoms with van der Waals surface area (Å²) in [5.41, 5.74) is 0.805. The lowest BCUT2D eigenvalue weighted by Gasteiger charge is -2.15. The van der Waals surface area contributed by atoms with Crippen molar-refractivity contribution in [1.29, 1.82) is 0 Å². The summed E-state index contributed by atoms with van der Waals surface area (Å²) >= 11 is 1.49. The first-order valence-corrected chi connectivity index (χ1v) is 9.57. The second kappa shape index (κ2) is 8.85. The van der Waals surface area contributed by atoms with E-state index in [0.717, 1.165) is 23.4 Å². The lowest BCUT2D eigenvalue weighted by atomic mass is 10.3. The molecule has 1 aromatic heterocycles. The summed E-state index contributed by atoms with van der Waals surface area (Å²) in [6.45, 7) is 7.80. The maximum absolute atomic E-state index is 12.6. The number of aryl methyl sites for hydroxylation is 1. The van der Waals surface area contributed by atoms with Crippen molar-refractivity contribution in [2.24, 2.45) is 0 Å². The van der Waals surface area contributed by atoms with Crippen molar-refractivity contribution in [3.8, 4) is 0 Å². The minimum Gasteiger partial charge on any atom is -0.385 e. The van der Waals surface area contributed by atoms with E-state index in [0.29, 0.717) is 24.5 Å². The Morgan fingerprint density at radius 2 is 2.14 bits per heavy atom. The smallest absolute Gasteiger partial charge is 0.242 e. The molecule has 1 atom stereocenters. The van der Waals surface area contributed by atoms with Gasteiger partial charge < -0.3 is 10.1 Å². The molecule has 0 saturated heterocycles. The largest absolute Gasteiger partial charge is 0.385 e. The standard InChI is InChI=1S/C14H26N2O3S2/c1-5-7-15-9-13-14(11(2)10-20-13)21(17,18)16-12(3)6-8-19-4/h10,12,15-16H,5-9H2,1-4H3. The van der Waals surface area contributed by atoms with E-state index >= 15 is 0 Å². The molecule has 0 aromatic carbocycles. The summed E-state index contributed by atoms with van der Waals surface area (Å²) in [5, 5.41) is 5.16. The van der Waals surface area contributed by atoms with Gasteiger partial charge in [0.15, 0.2) is 0 Å². The van der Waals surface area contributed by atoms with E-state index in [9.17, 15) is 8.42 Å². The van der Waals surface area contributed by atoms with Crippen LogP contribution >= 0.6 is 11.3 Å². The van der Waals surface area contributed by atoms with Crippen LogP contribution in [0, 0.1) is 6.92 Å². The fraction of sp³-hybridized carbons (Fsp3) is 0.714. The first-order chi connectivity index (χ1) is 9.92. The Kier molecular flexibility index (Phi) is 7.83. The molecule has 0 aliphatic heterocycles. The molecule has 2 N–H and O–H groups in total. The molecule has 7 heteroatoms. The van der Waals surface area contributed by atoms with E-state index in [2.05, 4.69) is 17.0 Å². The van der Waals surface area contributed by atoms with Crippen molar-refractivity contribution in [3.05, 3.63) is 15.8 Å². The molecule has 21 heavy (non-hydrogen) atoms. The van der Waals surface area contributed by atoms with Gasteiger partial charge in [0, 0.05) is 31.2 Å². The highest BCUT2D eigenvalue weighted by Crippen LogP contribution is 2.27. The van der Waals surface area contributed by atoms with Gasteiger partial charge >= 0.3 is 0 Å². The molecule has 0 radical (unpaired) electrons. The molecule has 0 fully saturated rings. The van der Waals surface area contributed by atoms with Gasteiger partial charge in [0.1, 0.15) is 4.90 Å². The van der Waals surface area contributed by atoms with Gasteiger partial charge in [0.05, 0.1) is 0 Å². The zero-order valence-electron chi connectivity index (χ0n) is 13.2. The van der Waals surface area contributed by atoms with Crippen LogP contribution in [-0.2, 0) is 21.3 Å². The van der Waals surface area contributed by atoms with Crippen LogP contribution in [-0.4, -0.2) is 34.7 Å². The normalized spacial score (nSPS) is 13.5. The van der Waals surface area contributed by atoms with Crippen molar-refractivity contribution < 1.29 is 13.2 Å². The summed E-state index contributed by atoms with van der Waals surface area (Å²) in [6.07, 6.45) is 1.68. The quantitative estimate of drug-likeness (QED) is 0.644. The molecule has 0 bridgehead atoms. The van der Waals surface area contributed by atoms with Crippen LogP contribution in [0.25, 0.3) is 0 Å². The topological polar surface area (TPSA) is 67.4 Å². The van der Waals surface area contributed by atoms with Gasteiger partial charge in [-0.05, 0) is 44.2 Å². The maximum Gasteiger partial charge on any atom is 0.242 e. The second-order valence-corrected chi connectivity index (χ2v) is 7.77. The molecule has 0 aliphatic rings. The fourth-order valence-corrected chi connectivity index (χ4v) is 5.08. The molecule has 0 amide bonds. The number of hydrogen-bond donors (Lipinski definition) is 2. The number of ether oxygens (including phenoxy) is 1. The number of nitrogens with one attached hydrogen (secondary N) is 2. The van der Waals surface area contributed by atoms with Crippen molar-refractivity contribution >= 4 is 21.4 Å². The van der Waals surface area contributed by atoms with Crippen LogP contribution in [0.15, 0.2) is 10.3 Å². The molecule has 1 unspecified atom stereocenters. The molecule has 5 nitrogen and oxygen atoms in total. The van der Waals surface area contributed by atoms with Crippen LogP contribution in [0.5, 0.6) is 0 Å². The monoisotopic (exact) mass is 334 g/mol. The maximum atomic E-state index is 12.6. The predicted octanol–water partition coefficient (Wildman–Crippen LogP) is 2.26. The molecule has 0 spiro atoms. The zero-order valence-corrected chi connectivity index (χ0v) is 14.9. The van der Waals surface area contributed by atoms with Gasteiger partial charge in [-0.2, -0.15) is 0 Å². The summed E-state index contributed by atoms with van der Waals surface area (Å²) < 4.78 is 32.9. The first kappa shape index (κ1) is 18.6. The van der Waals surface area contributed by atoms with E-state index in [1.54, 1.807) is 7.11 Å². The Hall–Kier alpha value is -0.470. The van der Waals surface area contributed by atoms with Gasteiger partial charge in [-0.3, -0.25) is 0 Å². The average Bonchev–Trinajstić information content (AvgIpc) is 2.78. The third-order valence-corrected chi connectivity index (χ3v) is 6.13. The number of hydrogen-bond acceptors (Lipinski definition) is 5. The Morgan fingerprint density at radius 1 is 1.43 bits per heavy atom. The molecule has 0 saturated carbocycles. The van der Waals surface area contributed by atoms with Crippen LogP contribution in [0.1, 0.15) is 37.1 Å². The van der Waals surface area contributed by atoms with E-state index < -0.39 is 10.0 Å². The summed E-state index contributed by atoms with van der Waals surface area (Å²) in [5.74, 6) is 0. The van der Waals surface area contributed by atoms with Crippen LogP contribution in [0.3, 0.4) is 0 Å². The Bertz CT molecular complexity index is 526. The molecule has 1 aromatic rings. The molecule has 1 rings (SSSR count). The van der Waals surface area contributed by atoms with Crippen molar-refractivity contribution in [2.75, 3.05) is 20.3 Å². The summed E-state index contributed by atoms with van der Waals surface area (Å²) in [7, 11) is -1.87. The Morgan fingerprint density at radius 3 is 2.76 bits per heavy atom. The average molecular weight is 335 g/mol. The lowest BCUT2D eigenvalue weighted by Crippen LogP contribution is -2.34. The Labute approximate surface area is 132 Å². The first-order valence-electron chi connectivity index (χ1n) is 7.21. The van der Waals surface area contributed by atoms with Crippen LogP contribution in [0.2, 0.25) is 0 Å². The summed E-state index contributed by atoms with van der Waals surface area (Å²) in [4.78, 5) is 1.30. The SMILES string of the molecule is CCCNCc1scc(C)c1S(=O)(=O)NC(C)CCOC. The number of sulfonamides is 1. The van der Waals surface area contributed by atoms with E-state index in [1.165, 1.54) is 11.3 Å². The van der Waals surface area contributed by atoms with Crippen molar-refractivity contribution in [2.45, 2.75) is 51.1 Å². The Balaban J connectivity index is 2.84. The molecule has 1 heterocycles. The third kappa shape index (κ3) is 5.67. The van der Waals surface area contributed by atoms with Crippen molar-refractivity contribution in [3.63, 3.8) is 0 Å². The molecule has 0 aliphatic carbocycles. The van der Waals surface area contributed by atoms with Gasteiger partial charge in [-0.1, -0.05) is 6.92 Å². The van der Waals surface area contributed by atoms with E-state index in [-0.39, 0.29) is 6.04 Å². The minimum absolute atomic E-state index is 0.147. The number of methoxy groups -OCH3 is 1. The lowest BCUT2D eigenvalue weighted by molar-refractivity contribution is 0.188. The van der Waals surface area contributed by atoms with Gasteiger partial charge in [-0.15, -0.1) is 11.3 Å². The van der Waals surface area contributed by atoms with Gasteiger partial charge in [0.2, 0.25) is 10.0 Å².